The molecule has 0 fully saturated rings. The second kappa shape index (κ2) is 5.49. The molecular weight excluding hydrogens is 256 g/mol. The van der Waals surface area contributed by atoms with Crippen molar-refractivity contribution in [3.63, 3.8) is 0 Å². The largest absolute Gasteiger partial charge is 0.382 e. The Morgan fingerprint density at radius 2 is 1.82 bits per heavy atom. The number of aromatic nitrogens is 2. The standard InChI is InChI=1S/C12H11ClN2OS/c1-17-12-10(14-6-7-15-12)11(16)8-2-4-9(13)5-3-8/h2-7,11,16H,1H3/t11-/m1/s1. The van der Waals surface area contributed by atoms with Crippen LogP contribution in [0.3, 0.4) is 0 Å². The summed E-state index contributed by atoms with van der Waals surface area (Å²) in [5, 5.41) is 11.6. The lowest BCUT2D eigenvalue weighted by atomic mass is 10.1. The smallest absolute Gasteiger partial charge is 0.124 e. The van der Waals surface area contributed by atoms with E-state index in [-0.39, 0.29) is 0 Å². The maximum absolute atomic E-state index is 10.2. The van der Waals surface area contributed by atoms with Crippen LogP contribution >= 0.6 is 23.4 Å². The highest BCUT2D eigenvalue weighted by Gasteiger charge is 2.16. The number of hydrogen-bond donors (Lipinski definition) is 1. The first-order chi connectivity index (χ1) is 8.22. The maximum Gasteiger partial charge on any atom is 0.124 e. The maximum atomic E-state index is 10.2. The zero-order valence-electron chi connectivity index (χ0n) is 9.17. The normalized spacial score (nSPS) is 12.4. The van der Waals surface area contributed by atoms with Crippen LogP contribution in [0.15, 0.2) is 41.7 Å². The summed E-state index contributed by atoms with van der Waals surface area (Å²) >= 11 is 7.27. The Morgan fingerprint density at radius 1 is 1.18 bits per heavy atom. The number of thioether (sulfide) groups is 1. The lowest BCUT2D eigenvalue weighted by Crippen LogP contribution is -2.05. The molecule has 88 valence electrons. The van der Waals surface area contributed by atoms with Crippen LogP contribution in [0.4, 0.5) is 0 Å². The molecule has 0 spiro atoms. The zero-order valence-corrected chi connectivity index (χ0v) is 10.7. The summed E-state index contributed by atoms with van der Waals surface area (Å²) in [7, 11) is 0. The molecule has 0 saturated heterocycles. The molecule has 0 radical (unpaired) electrons. The number of benzene rings is 1. The molecule has 0 aliphatic carbocycles. The molecule has 0 bridgehead atoms. The van der Waals surface area contributed by atoms with Gasteiger partial charge in [0.15, 0.2) is 0 Å². The first-order valence-electron chi connectivity index (χ1n) is 5.01. The van der Waals surface area contributed by atoms with Crippen molar-refractivity contribution >= 4 is 23.4 Å². The molecule has 0 saturated carbocycles. The van der Waals surface area contributed by atoms with E-state index in [1.165, 1.54) is 11.8 Å². The zero-order chi connectivity index (χ0) is 12.3. The number of rotatable bonds is 3. The van der Waals surface area contributed by atoms with Crippen LogP contribution in [0, 0.1) is 0 Å². The van der Waals surface area contributed by atoms with E-state index in [0.29, 0.717) is 10.7 Å². The molecular formula is C12H11ClN2OS. The highest BCUT2D eigenvalue weighted by Crippen LogP contribution is 2.27. The molecule has 0 unspecified atom stereocenters. The van der Waals surface area contributed by atoms with E-state index in [1.807, 2.05) is 6.26 Å². The van der Waals surface area contributed by atoms with Gasteiger partial charge in [-0.25, -0.2) is 4.98 Å². The van der Waals surface area contributed by atoms with Gasteiger partial charge in [-0.15, -0.1) is 11.8 Å². The molecule has 2 rings (SSSR count). The van der Waals surface area contributed by atoms with E-state index in [4.69, 9.17) is 11.6 Å². The summed E-state index contributed by atoms with van der Waals surface area (Å²) < 4.78 is 0. The molecule has 1 aromatic heterocycles. The van der Waals surface area contributed by atoms with Crippen molar-refractivity contribution in [3.8, 4) is 0 Å². The van der Waals surface area contributed by atoms with E-state index in [0.717, 1.165) is 10.6 Å². The van der Waals surface area contributed by atoms with E-state index >= 15 is 0 Å². The molecule has 0 aliphatic heterocycles. The molecule has 1 N–H and O–H groups in total. The van der Waals surface area contributed by atoms with E-state index < -0.39 is 6.10 Å². The number of hydrogen-bond acceptors (Lipinski definition) is 4. The minimum absolute atomic E-state index is 0.572. The molecule has 0 aliphatic rings. The Bertz CT molecular complexity index is 504. The highest BCUT2D eigenvalue weighted by atomic mass is 35.5. The molecule has 5 heteroatoms. The van der Waals surface area contributed by atoms with Crippen LogP contribution < -0.4 is 0 Å². The third-order valence-corrected chi connectivity index (χ3v) is 3.28. The van der Waals surface area contributed by atoms with Gasteiger partial charge in [-0.1, -0.05) is 23.7 Å². The van der Waals surface area contributed by atoms with Gasteiger partial charge in [0.2, 0.25) is 0 Å². The van der Waals surface area contributed by atoms with Gasteiger partial charge >= 0.3 is 0 Å². The molecule has 1 aromatic carbocycles. The van der Waals surface area contributed by atoms with Gasteiger partial charge in [0, 0.05) is 17.4 Å². The van der Waals surface area contributed by atoms with Crippen molar-refractivity contribution in [2.45, 2.75) is 11.1 Å². The summed E-state index contributed by atoms with van der Waals surface area (Å²) in [5.41, 5.74) is 1.33. The van der Waals surface area contributed by atoms with E-state index in [2.05, 4.69) is 9.97 Å². The van der Waals surface area contributed by atoms with Crippen molar-refractivity contribution in [2.24, 2.45) is 0 Å². The minimum Gasteiger partial charge on any atom is -0.382 e. The Morgan fingerprint density at radius 3 is 2.47 bits per heavy atom. The summed E-state index contributed by atoms with van der Waals surface area (Å²) in [5.74, 6) is 0. The average molecular weight is 267 g/mol. The molecule has 2 aromatic rings. The Balaban J connectivity index is 2.36. The lowest BCUT2D eigenvalue weighted by molar-refractivity contribution is 0.211. The van der Waals surface area contributed by atoms with Gasteiger partial charge in [0.1, 0.15) is 16.8 Å². The predicted octanol–water partition coefficient (Wildman–Crippen LogP) is 2.93. The third-order valence-electron chi connectivity index (χ3n) is 2.33. The van der Waals surface area contributed by atoms with Crippen LogP contribution in [0.1, 0.15) is 17.4 Å². The monoisotopic (exact) mass is 266 g/mol. The third kappa shape index (κ3) is 2.77. The fraction of sp³-hybridized carbons (Fsp3) is 0.167. The Labute approximate surface area is 109 Å². The SMILES string of the molecule is CSc1nccnc1[C@H](O)c1ccc(Cl)cc1. The second-order valence-corrected chi connectivity index (χ2v) is 4.64. The number of aliphatic hydroxyl groups is 1. The van der Waals surface area contributed by atoms with Gasteiger partial charge < -0.3 is 5.11 Å². The fourth-order valence-electron chi connectivity index (χ4n) is 1.48. The highest BCUT2D eigenvalue weighted by molar-refractivity contribution is 7.98. The van der Waals surface area contributed by atoms with Gasteiger partial charge in [-0.3, -0.25) is 4.98 Å². The summed E-state index contributed by atoms with van der Waals surface area (Å²) in [6, 6.07) is 7.06. The van der Waals surface area contributed by atoms with Gasteiger partial charge in [-0.2, -0.15) is 0 Å². The van der Waals surface area contributed by atoms with Crippen LogP contribution in [-0.2, 0) is 0 Å². The van der Waals surface area contributed by atoms with E-state index in [1.54, 1.807) is 36.7 Å². The van der Waals surface area contributed by atoms with Crippen LogP contribution in [-0.4, -0.2) is 21.3 Å². The van der Waals surface area contributed by atoms with Crippen molar-refractivity contribution in [1.29, 1.82) is 0 Å². The van der Waals surface area contributed by atoms with Crippen LogP contribution in [0.2, 0.25) is 5.02 Å². The molecule has 1 heterocycles. The number of aliphatic hydroxyl groups excluding tert-OH is 1. The molecule has 17 heavy (non-hydrogen) atoms. The van der Waals surface area contributed by atoms with Gasteiger partial charge in [-0.05, 0) is 24.0 Å². The average Bonchev–Trinajstić information content (AvgIpc) is 2.39. The van der Waals surface area contributed by atoms with Gasteiger partial charge in [0.05, 0.1) is 0 Å². The Hall–Kier alpha value is -1.10. The summed E-state index contributed by atoms with van der Waals surface area (Å²) in [6.07, 6.45) is 4.32. The quantitative estimate of drug-likeness (QED) is 0.868. The van der Waals surface area contributed by atoms with Crippen molar-refractivity contribution < 1.29 is 5.11 Å². The number of nitrogens with zero attached hydrogens (tertiary/aromatic N) is 2. The van der Waals surface area contributed by atoms with Crippen molar-refractivity contribution in [3.05, 3.63) is 52.9 Å². The number of halogens is 1. The molecule has 1 atom stereocenters. The van der Waals surface area contributed by atoms with E-state index in [9.17, 15) is 5.11 Å². The topological polar surface area (TPSA) is 46.0 Å². The van der Waals surface area contributed by atoms with Crippen LogP contribution in [0.25, 0.3) is 0 Å². The second-order valence-electron chi connectivity index (χ2n) is 3.40. The van der Waals surface area contributed by atoms with Gasteiger partial charge in [0.25, 0.3) is 0 Å². The predicted molar refractivity (Wildman–Crippen MR) is 69.3 cm³/mol. The summed E-state index contributed by atoms with van der Waals surface area (Å²) in [4.78, 5) is 8.36. The first-order valence-corrected chi connectivity index (χ1v) is 6.61. The van der Waals surface area contributed by atoms with Crippen molar-refractivity contribution in [2.75, 3.05) is 6.26 Å². The summed E-state index contributed by atoms with van der Waals surface area (Å²) in [6.45, 7) is 0. The van der Waals surface area contributed by atoms with Crippen molar-refractivity contribution in [1.82, 2.24) is 9.97 Å². The fourth-order valence-corrected chi connectivity index (χ4v) is 2.15. The first kappa shape index (κ1) is 12.4. The minimum atomic E-state index is -0.775. The van der Waals surface area contributed by atoms with Crippen LogP contribution in [0.5, 0.6) is 0 Å². The lowest BCUT2D eigenvalue weighted by Gasteiger charge is -2.12. The molecule has 3 nitrogen and oxygen atoms in total. The molecule has 0 amide bonds. The Kier molecular flexibility index (Phi) is 3.99.